The maximum Gasteiger partial charge on any atom is 0.0726 e. The van der Waals surface area contributed by atoms with Crippen LogP contribution in [0.25, 0.3) is 0 Å². The summed E-state index contributed by atoms with van der Waals surface area (Å²) in [6, 6.07) is 0. The Balaban J connectivity index is 2.07. The SMILES string of the molecule is CNCC(OC1CC2CCC1(C)C2(C)C)C(C)C. The Labute approximate surface area is 113 Å². The normalized spacial score (nSPS) is 39.5. The third kappa shape index (κ3) is 2.02. The number of hydrogen-bond donors (Lipinski definition) is 1. The first-order valence-electron chi connectivity index (χ1n) is 7.63. The Morgan fingerprint density at radius 3 is 2.33 bits per heavy atom. The lowest BCUT2D eigenvalue weighted by atomic mass is 9.70. The second kappa shape index (κ2) is 4.79. The summed E-state index contributed by atoms with van der Waals surface area (Å²) in [4.78, 5) is 0. The van der Waals surface area contributed by atoms with Crippen molar-refractivity contribution in [1.82, 2.24) is 5.32 Å². The molecule has 2 bridgehead atoms. The molecule has 0 spiro atoms. The summed E-state index contributed by atoms with van der Waals surface area (Å²) < 4.78 is 6.52. The van der Waals surface area contributed by atoms with Gasteiger partial charge in [0.1, 0.15) is 0 Å². The minimum Gasteiger partial charge on any atom is -0.373 e. The van der Waals surface area contributed by atoms with Crippen LogP contribution in [0.4, 0.5) is 0 Å². The highest BCUT2D eigenvalue weighted by molar-refractivity contribution is 5.11. The minimum atomic E-state index is 0.354. The van der Waals surface area contributed by atoms with E-state index in [1.807, 2.05) is 7.05 Å². The van der Waals surface area contributed by atoms with Gasteiger partial charge in [0.25, 0.3) is 0 Å². The van der Waals surface area contributed by atoms with E-state index in [1.165, 1.54) is 19.3 Å². The molecule has 0 aliphatic heterocycles. The highest BCUT2D eigenvalue weighted by Crippen LogP contribution is 2.66. The second-order valence-corrected chi connectivity index (χ2v) is 7.58. The average molecular weight is 253 g/mol. The Morgan fingerprint density at radius 2 is 1.94 bits per heavy atom. The smallest absolute Gasteiger partial charge is 0.0726 e. The molecule has 18 heavy (non-hydrogen) atoms. The molecule has 2 saturated carbocycles. The molecule has 1 N–H and O–H groups in total. The van der Waals surface area contributed by atoms with Gasteiger partial charge in [0.05, 0.1) is 12.2 Å². The van der Waals surface area contributed by atoms with Crippen LogP contribution in [0.3, 0.4) is 0 Å². The van der Waals surface area contributed by atoms with E-state index in [4.69, 9.17) is 4.74 Å². The van der Waals surface area contributed by atoms with Gasteiger partial charge >= 0.3 is 0 Å². The highest BCUT2D eigenvalue weighted by atomic mass is 16.5. The van der Waals surface area contributed by atoms with E-state index in [2.05, 4.69) is 39.9 Å². The monoisotopic (exact) mass is 253 g/mol. The van der Waals surface area contributed by atoms with E-state index in [-0.39, 0.29) is 0 Å². The maximum absolute atomic E-state index is 6.52. The lowest BCUT2D eigenvalue weighted by Crippen LogP contribution is -2.42. The molecule has 0 saturated heterocycles. The molecule has 2 aliphatic rings. The Hall–Kier alpha value is -0.0800. The van der Waals surface area contributed by atoms with Gasteiger partial charge in [-0.15, -0.1) is 0 Å². The second-order valence-electron chi connectivity index (χ2n) is 7.58. The third-order valence-electron chi connectivity index (χ3n) is 6.20. The molecule has 4 atom stereocenters. The molecule has 2 fully saturated rings. The van der Waals surface area contributed by atoms with Gasteiger partial charge in [0.2, 0.25) is 0 Å². The van der Waals surface area contributed by atoms with Gasteiger partial charge in [-0.2, -0.15) is 0 Å². The van der Waals surface area contributed by atoms with Crippen LogP contribution in [0.5, 0.6) is 0 Å². The predicted octanol–water partition coefficient (Wildman–Crippen LogP) is 3.46. The van der Waals surface area contributed by atoms with Crippen molar-refractivity contribution in [1.29, 1.82) is 0 Å². The molecule has 2 nitrogen and oxygen atoms in total. The lowest BCUT2D eigenvalue weighted by molar-refractivity contribution is -0.0989. The van der Waals surface area contributed by atoms with Gasteiger partial charge in [0, 0.05) is 6.54 Å². The van der Waals surface area contributed by atoms with E-state index in [9.17, 15) is 0 Å². The van der Waals surface area contributed by atoms with Gasteiger partial charge in [0.15, 0.2) is 0 Å². The molecule has 0 aromatic carbocycles. The highest BCUT2D eigenvalue weighted by Gasteiger charge is 2.62. The van der Waals surface area contributed by atoms with Crippen molar-refractivity contribution >= 4 is 0 Å². The Bertz CT molecular complexity index is 299. The first-order chi connectivity index (χ1) is 8.33. The van der Waals surface area contributed by atoms with Gasteiger partial charge in [-0.1, -0.05) is 34.6 Å². The van der Waals surface area contributed by atoms with Crippen LogP contribution in [-0.2, 0) is 4.74 Å². The molecular formula is C16H31NO. The molecule has 2 heteroatoms. The van der Waals surface area contributed by atoms with Crippen molar-refractivity contribution in [3.05, 3.63) is 0 Å². The fourth-order valence-corrected chi connectivity index (χ4v) is 4.19. The average Bonchev–Trinajstić information content (AvgIpc) is 2.61. The number of rotatable bonds is 5. The Morgan fingerprint density at radius 1 is 1.28 bits per heavy atom. The molecule has 0 aromatic heterocycles. The first-order valence-corrected chi connectivity index (χ1v) is 7.63. The van der Waals surface area contributed by atoms with Crippen molar-refractivity contribution in [3.8, 4) is 0 Å². The number of hydrogen-bond acceptors (Lipinski definition) is 2. The summed E-state index contributed by atoms with van der Waals surface area (Å²) in [6.07, 6.45) is 4.84. The summed E-state index contributed by atoms with van der Waals surface area (Å²) in [5.74, 6) is 1.46. The van der Waals surface area contributed by atoms with Crippen LogP contribution in [0.2, 0.25) is 0 Å². The molecule has 106 valence electrons. The minimum absolute atomic E-state index is 0.354. The summed E-state index contributed by atoms with van der Waals surface area (Å²) >= 11 is 0. The van der Waals surface area contributed by atoms with Crippen molar-refractivity contribution in [2.45, 2.75) is 66.1 Å². The van der Waals surface area contributed by atoms with E-state index < -0.39 is 0 Å². The summed E-state index contributed by atoms with van der Waals surface area (Å²) in [7, 11) is 2.02. The molecule has 4 unspecified atom stereocenters. The predicted molar refractivity (Wildman–Crippen MR) is 76.7 cm³/mol. The number of likely N-dealkylation sites (N-methyl/N-ethyl adjacent to an activating group) is 1. The number of nitrogens with one attached hydrogen (secondary N) is 1. The Kier molecular flexibility index (Phi) is 3.81. The van der Waals surface area contributed by atoms with E-state index in [1.54, 1.807) is 0 Å². The van der Waals surface area contributed by atoms with E-state index in [0.29, 0.717) is 29.0 Å². The maximum atomic E-state index is 6.52. The lowest BCUT2D eigenvalue weighted by Gasteiger charge is -2.41. The van der Waals surface area contributed by atoms with Crippen LogP contribution < -0.4 is 5.32 Å². The van der Waals surface area contributed by atoms with Crippen LogP contribution >= 0.6 is 0 Å². The zero-order valence-electron chi connectivity index (χ0n) is 13.0. The van der Waals surface area contributed by atoms with Gasteiger partial charge in [-0.05, 0) is 49.0 Å². The zero-order chi connectivity index (χ0) is 13.6. The molecule has 0 radical (unpaired) electrons. The molecule has 0 aromatic rings. The van der Waals surface area contributed by atoms with Gasteiger partial charge < -0.3 is 10.1 Å². The molecule has 2 rings (SSSR count). The third-order valence-corrected chi connectivity index (χ3v) is 6.20. The molecule has 0 amide bonds. The number of fused-ring (bicyclic) bond motifs is 2. The fourth-order valence-electron chi connectivity index (χ4n) is 4.19. The van der Waals surface area contributed by atoms with Crippen molar-refractivity contribution in [3.63, 3.8) is 0 Å². The zero-order valence-corrected chi connectivity index (χ0v) is 13.0. The van der Waals surface area contributed by atoms with Crippen LogP contribution in [0.1, 0.15) is 53.9 Å². The molecule has 2 aliphatic carbocycles. The van der Waals surface area contributed by atoms with Crippen molar-refractivity contribution in [2.75, 3.05) is 13.6 Å². The van der Waals surface area contributed by atoms with E-state index in [0.717, 1.165) is 12.5 Å². The van der Waals surface area contributed by atoms with Gasteiger partial charge in [-0.3, -0.25) is 0 Å². The largest absolute Gasteiger partial charge is 0.373 e. The standard InChI is InChI=1S/C16H31NO/c1-11(2)13(10-17-6)18-14-9-12-7-8-16(14,5)15(12,3)4/h11-14,17H,7-10H2,1-6H3. The first kappa shape index (κ1) is 14.3. The van der Waals surface area contributed by atoms with Crippen LogP contribution in [0, 0.1) is 22.7 Å². The van der Waals surface area contributed by atoms with Crippen LogP contribution in [-0.4, -0.2) is 25.8 Å². The summed E-state index contributed by atoms with van der Waals surface area (Å²) in [5, 5.41) is 3.28. The van der Waals surface area contributed by atoms with Crippen molar-refractivity contribution < 1.29 is 4.74 Å². The van der Waals surface area contributed by atoms with Gasteiger partial charge in [-0.25, -0.2) is 0 Å². The summed E-state index contributed by atoms with van der Waals surface area (Å²) in [6.45, 7) is 12.9. The molecule has 0 heterocycles. The quantitative estimate of drug-likeness (QED) is 0.810. The summed E-state index contributed by atoms with van der Waals surface area (Å²) in [5.41, 5.74) is 0.845. The van der Waals surface area contributed by atoms with Crippen LogP contribution in [0.15, 0.2) is 0 Å². The molecular weight excluding hydrogens is 222 g/mol. The number of ether oxygens (including phenoxy) is 1. The fraction of sp³-hybridized carbons (Fsp3) is 1.00. The van der Waals surface area contributed by atoms with Crippen molar-refractivity contribution in [2.24, 2.45) is 22.7 Å². The van der Waals surface area contributed by atoms with E-state index >= 15 is 0 Å². The topological polar surface area (TPSA) is 21.3 Å².